The summed E-state index contributed by atoms with van der Waals surface area (Å²) >= 11 is 0. The number of aromatic nitrogens is 3. The Hall–Kier alpha value is -2.32. The van der Waals surface area contributed by atoms with Crippen LogP contribution in [0.25, 0.3) is 0 Å². The van der Waals surface area contributed by atoms with Gasteiger partial charge in [0.15, 0.2) is 0 Å². The van der Waals surface area contributed by atoms with E-state index in [1.807, 2.05) is 21.0 Å². The number of ether oxygens (including phenoxy) is 1. The summed E-state index contributed by atoms with van der Waals surface area (Å²) in [5.41, 5.74) is 4.85. The summed E-state index contributed by atoms with van der Waals surface area (Å²) in [7, 11) is 3.68. The molecule has 9 heteroatoms. The lowest BCUT2D eigenvalue weighted by Crippen LogP contribution is -2.20. The van der Waals surface area contributed by atoms with E-state index in [0.717, 1.165) is 0 Å². The van der Waals surface area contributed by atoms with Crippen molar-refractivity contribution in [1.82, 2.24) is 15.0 Å². The monoisotopic (exact) mass is 269 g/mol. The minimum Gasteiger partial charge on any atom is -0.448 e. The van der Waals surface area contributed by atoms with Crippen LogP contribution in [0.1, 0.15) is 6.92 Å². The van der Waals surface area contributed by atoms with Gasteiger partial charge in [0.1, 0.15) is 6.61 Å². The molecule has 0 atom stereocenters. The Morgan fingerprint density at radius 2 is 1.89 bits per heavy atom. The Kier molecular flexibility index (Phi) is 5.58. The van der Waals surface area contributed by atoms with Crippen LogP contribution in [-0.4, -0.2) is 54.8 Å². The van der Waals surface area contributed by atoms with Crippen LogP contribution < -0.4 is 21.3 Å². The Morgan fingerprint density at radius 3 is 2.42 bits per heavy atom. The van der Waals surface area contributed by atoms with Crippen molar-refractivity contribution in [3.8, 4) is 0 Å². The zero-order chi connectivity index (χ0) is 14.3. The van der Waals surface area contributed by atoms with Crippen molar-refractivity contribution in [2.75, 3.05) is 49.3 Å². The van der Waals surface area contributed by atoms with Crippen LogP contribution in [0.5, 0.6) is 0 Å². The highest BCUT2D eigenvalue weighted by Gasteiger charge is 2.07. The Morgan fingerprint density at radius 1 is 1.26 bits per heavy atom. The van der Waals surface area contributed by atoms with Crippen molar-refractivity contribution >= 4 is 23.9 Å². The third-order valence-corrected chi connectivity index (χ3v) is 1.99. The van der Waals surface area contributed by atoms with Crippen LogP contribution in [0.15, 0.2) is 0 Å². The highest BCUT2D eigenvalue weighted by Crippen LogP contribution is 2.10. The number of rotatable bonds is 7. The van der Waals surface area contributed by atoms with Gasteiger partial charge < -0.3 is 26.0 Å². The van der Waals surface area contributed by atoms with E-state index in [0.29, 0.717) is 30.9 Å². The quantitative estimate of drug-likeness (QED) is 0.586. The smallest absolute Gasteiger partial charge is 0.404 e. The van der Waals surface area contributed by atoms with Crippen molar-refractivity contribution in [1.29, 1.82) is 0 Å². The topological polar surface area (TPSA) is 118 Å². The largest absolute Gasteiger partial charge is 0.448 e. The molecule has 1 amide bonds. The molecule has 0 aliphatic heterocycles. The molecule has 9 nitrogen and oxygen atoms in total. The van der Waals surface area contributed by atoms with Gasteiger partial charge in [-0.2, -0.15) is 15.0 Å². The van der Waals surface area contributed by atoms with E-state index < -0.39 is 6.09 Å². The van der Waals surface area contributed by atoms with E-state index in [4.69, 9.17) is 5.73 Å². The zero-order valence-electron chi connectivity index (χ0n) is 11.3. The maximum atomic E-state index is 10.4. The fourth-order valence-electron chi connectivity index (χ4n) is 1.20. The summed E-state index contributed by atoms with van der Waals surface area (Å²) in [5, 5.41) is 5.95. The first-order valence-corrected chi connectivity index (χ1v) is 5.86. The molecule has 0 aliphatic rings. The van der Waals surface area contributed by atoms with E-state index in [1.54, 1.807) is 4.90 Å². The number of carbonyl (C=O) groups is 1. The van der Waals surface area contributed by atoms with Crippen LogP contribution in [-0.2, 0) is 4.74 Å². The molecule has 106 valence electrons. The summed E-state index contributed by atoms with van der Waals surface area (Å²) in [4.78, 5) is 24.8. The minimum atomic E-state index is -0.806. The van der Waals surface area contributed by atoms with Gasteiger partial charge in [0.05, 0.1) is 6.54 Å². The summed E-state index contributed by atoms with van der Waals surface area (Å²) in [6.45, 7) is 3.17. The number of nitrogens with two attached hydrogens (primary N) is 1. The molecule has 1 aromatic heterocycles. The SMILES string of the molecule is CCNc1nc(NCCOC(N)=O)nc(N(C)C)n1. The van der Waals surface area contributed by atoms with Gasteiger partial charge in [-0.3, -0.25) is 0 Å². The van der Waals surface area contributed by atoms with Gasteiger partial charge in [-0.05, 0) is 6.92 Å². The molecule has 4 N–H and O–H groups in total. The first-order chi connectivity index (χ1) is 9.02. The fraction of sp³-hybridized carbons (Fsp3) is 0.600. The molecule has 1 heterocycles. The van der Waals surface area contributed by atoms with Crippen LogP contribution >= 0.6 is 0 Å². The predicted molar refractivity (Wildman–Crippen MR) is 72.3 cm³/mol. The van der Waals surface area contributed by atoms with Crippen molar-refractivity contribution in [3.05, 3.63) is 0 Å². The number of hydrogen-bond donors (Lipinski definition) is 3. The van der Waals surface area contributed by atoms with Crippen LogP contribution in [0.4, 0.5) is 22.6 Å². The Labute approximate surface area is 111 Å². The summed E-state index contributed by atoms with van der Waals surface area (Å²) in [6.07, 6.45) is -0.806. The highest BCUT2D eigenvalue weighted by atomic mass is 16.5. The van der Waals surface area contributed by atoms with Crippen molar-refractivity contribution in [3.63, 3.8) is 0 Å². The van der Waals surface area contributed by atoms with E-state index in [-0.39, 0.29) is 6.61 Å². The number of carbonyl (C=O) groups excluding carboxylic acids is 1. The van der Waals surface area contributed by atoms with Crippen molar-refractivity contribution in [2.45, 2.75) is 6.92 Å². The van der Waals surface area contributed by atoms with Crippen LogP contribution in [0, 0.1) is 0 Å². The van der Waals surface area contributed by atoms with Crippen molar-refractivity contribution < 1.29 is 9.53 Å². The molecule has 0 spiro atoms. The molecule has 19 heavy (non-hydrogen) atoms. The summed E-state index contributed by atoms with van der Waals surface area (Å²) in [5.74, 6) is 1.42. The van der Waals surface area contributed by atoms with E-state index >= 15 is 0 Å². The van der Waals surface area contributed by atoms with Gasteiger partial charge >= 0.3 is 6.09 Å². The van der Waals surface area contributed by atoms with Gasteiger partial charge in [0.2, 0.25) is 17.8 Å². The number of nitrogens with one attached hydrogen (secondary N) is 2. The number of hydrogen-bond acceptors (Lipinski definition) is 8. The second kappa shape index (κ2) is 7.19. The van der Waals surface area contributed by atoms with E-state index in [2.05, 4.69) is 30.3 Å². The molecule has 0 radical (unpaired) electrons. The van der Waals surface area contributed by atoms with Crippen molar-refractivity contribution in [2.24, 2.45) is 5.73 Å². The number of amides is 1. The van der Waals surface area contributed by atoms with Gasteiger partial charge in [-0.15, -0.1) is 0 Å². The molecule has 0 aliphatic carbocycles. The third kappa shape index (κ3) is 5.23. The normalized spacial score (nSPS) is 9.84. The maximum absolute atomic E-state index is 10.4. The van der Waals surface area contributed by atoms with E-state index in [9.17, 15) is 4.79 Å². The van der Waals surface area contributed by atoms with Gasteiger partial charge in [-0.1, -0.05) is 0 Å². The Bertz CT molecular complexity index is 424. The minimum absolute atomic E-state index is 0.148. The lowest BCUT2D eigenvalue weighted by molar-refractivity contribution is 0.161. The zero-order valence-corrected chi connectivity index (χ0v) is 11.3. The number of anilines is 3. The maximum Gasteiger partial charge on any atom is 0.404 e. The second-order valence-electron chi connectivity index (χ2n) is 3.80. The average Bonchev–Trinajstić information content (AvgIpc) is 2.34. The standard InChI is InChI=1S/C10H19N7O2/c1-4-12-8-14-9(13-5-6-19-7(11)18)16-10(15-8)17(2)3/h4-6H2,1-3H3,(H2,11,18)(H2,12,13,14,15,16). The molecular formula is C10H19N7O2. The summed E-state index contributed by atoms with van der Waals surface area (Å²) in [6, 6.07) is 0. The Balaban J connectivity index is 2.67. The van der Waals surface area contributed by atoms with E-state index in [1.165, 1.54) is 0 Å². The third-order valence-electron chi connectivity index (χ3n) is 1.99. The first kappa shape index (κ1) is 14.7. The molecule has 1 rings (SSSR count). The number of nitrogens with zero attached hydrogens (tertiary/aromatic N) is 4. The van der Waals surface area contributed by atoms with Gasteiger partial charge in [-0.25, -0.2) is 4.79 Å². The summed E-state index contributed by atoms with van der Waals surface area (Å²) < 4.78 is 4.60. The average molecular weight is 269 g/mol. The molecular weight excluding hydrogens is 250 g/mol. The lowest BCUT2D eigenvalue weighted by Gasteiger charge is -2.13. The van der Waals surface area contributed by atoms with Gasteiger partial charge in [0.25, 0.3) is 0 Å². The molecule has 0 saturated heterocycles. The molecule has 0 bridgehead atoms. The molecule has 0 unspecified atom stereocenters. The van der Waals surface area contributed by atoms with Crippen LogP contribution in [0.3, 0.4) is 0 Å². The molecule has 0 aromatic carbocycles. The van der Waals surface area contributed by atoms with Gasteiger partial charge in [0, 0.05) is 20.6 Å². The lowest BCUT2D eigenvalue weighted by atomic mass is 10.6. The highest BCUT2D eigenvalue weighted by molar-refractivity contribution is 5.64. The first-order valence-electron chi connectivity index (χ1n) is 5.86. The molecule has 1 aromatic rings. The van der Waals surface area contributed by atoms with Crippen LogP contribution in [0.2, 0.25) is 0 Å². The second-order valence-corrected chi connectivity index (χ2v) is 3.80. The molecule has 0 saturated carbocycles. The number of primary amides is 1. The predicted octanol–water partition coefficient (Wildman–Crippen LogP) is -0.123. The fourth-order valence-corrected chi connectivity index (χ4v) is 1.20. The molecule has 0 fully saturated rings.